The topological polar surface area (TPSA) is 41.1 Å². The lowest BCUT2D eigenvalue weighted by Gasteiger charge is -2.30. The van der Waals surface area contributed by atoms with E-state index < -0.39 is 0 Å². The predicted molar refractivity (Wildman–Crippen MR) is 106 cm³/mol. The number of nitrogens with one attached hydrogen (secondary N) is 1. The summed E-state index contributed by atoms with van der Waals surface area (Å²) >= 11 is 3.57. The molecule has 0 amide bonds. The zero-order valence-electron chi connectivity index (χ0n) is 14.8. The van der Waals surface area contributed by atoms with Gasteiger partial charge in [0.2, 0.25) is 5.95 Å². The van der Waals surface area contributed by atoms with Crippen molar-refractivity contribution in [1.82, 2.24) is 9.97 Å². The van der Waals surface area contributed by atoms with Crippen LogP contribution in [0.25, 0.3) is 0 Å². The first kappa shape index (κ1) is 16.8. The maximum Gasteiger partial charge on any atom is 0.225 e. The summed E-state index contributed by atoms with van der Waals surface area (Å²) in [4.78, 5) is 11.8. The molecule has 0 bridgehead atoms. The highest BCUT2D eigenvalue weighted by Gasteiger charge is 2.20. The first-order chi connectivity index (χ1) is 12.2. The number of aryl methyl sites for hydroxylation is 1. The Bertz CT molecular complexity index is 755. The molecule has 4 nitrogen and oxygen atoms in total. The number of nitrogens with zero attached hydrogens (tertiary/aromatic N) is 3. The lowest BCUT2D eigenvalue weighted by Crippen LogP contribution is -2.31. The van der Waals surface area contributed by atoms with E-state index in [0.29, 0.717) is 6.04 Å². The third kappa shape index (κ3) is 3.97. The molecular weight excluding hydrogens is 376 g/mol. The Hall–Kier alpha value is -1.62. The van der Waals surface area contributed by atoms with Gasteiger partial charge in [0.05, 0.1) is 0 Å². The van der Waals surface area contributed by atoms with Gasteiger partial charge in [-0.2, -0.15) is 4.98 Å². The number of aromatic nitrogens is 2. The first-order valence-electron chi connectivity index (χ1n) is 9.32. The minimum atomic E-state index is 0.530. The molecule has 5 heteroatoms. The van der Waals surface area contributed by atoms with E-state index in [2.05, 4.69) is 62.3 Å². The van der Waals surface area contributed by atoms with Crippen molar-refractivity contribution in [3.8, 4) is 0 Å². The fourth-order valence-electron chi connectivity index (χ4n) is 3.93. The summed E-state index contributed by atoms with van der Waals surface area (Å²) in [6.45, 7) is 3.98. The van der Waals surface area contributed by atoms with Crippen molar-refractivity contribution in [3.05, 3.63) is 45.6 Å². The van der Waals surface area contributed by atoms with Crippen LogP contribution >= 0.6 is 15.9 Å². The van der Waals surface area contributed by atoms with Crippen LogP contribution in [0.5, 0.6) is 0 Å². The third-order valence-electron chi connectivity index (χ3n) is 5.28. The van der Waals surface area contributed by atoms with Crippen LogP contribution in [0.3, 0.4) is 0 Å². The van der Waals surface area contributed by atoms with E-state index in [4.69, 9.17) is 4.98 Å². The van der Waals surface area contributed by atoms with Crippen molar-refractivity contribution in [3.63, 3.8) is 0 Å². The lowest BCUT2D eigenvalue weighted by atomic mass is 9.96. The molecule has 2 aliphatic rings. The van der Waals surface area contributed by atoms with Gasteiger partial charge in [-0.3, -0.25) is 0 Å². The van der Waals surface area contributed by atoms with E-state index >= 15 is 0 Å². The Morgan fingerprint density at radius 2 is 1.92 bits per heavy atom. The highest BCUT2D eigenvalue weighted by molar-refractivity contribution is 9.10. The van der Waals surface area contributed by atoms with Gasteiger partial charge in [-0.15, -0.1) is 0 Å². The van der Waals surface area contributed by atoms with Crippen LogP contribution in [-0.4, -0.2) is 22.6 Å². The minimum absolute atomic E-state index is 0.530. The maximum absolute atomic E-state index is 4.84. The molecule has 2 aromatic rings. The van der Waals surface area contributed by atoms with E-state index in [-0.39, 0.29) is 0 Å². The van der Waals surface area contributed by atoms with E-state index in [9.17, 15) is 0 Å². The summed E-state index contributed by atoms with van der Waals surface area (Å²) in [5.41, 5.74) is 3.87. The van der Waals surface area contributed by atoms with Gasteiger partial charge in [-0.05, 0) is 49.4 Å². The summed E-state index contributed by atoms with van der Waals surface area (Å²) in [6, 6.07) is 9.23. The van der Waals surface area contributed by atoms with Crippen LogP contribution in [0, 0.1) is 6.92 Å². The van der Waals surface area contributed by atoms with Crippen molar-refractivity contribution >= 4 is 27.7 Å². The molecule has 1 saturated carbocycles. The van der Waals surface area contributed by atoms with Crippen molar-refractivity contribution in [2.24, 2.45) is 0 Å². The number of rotatable bonds is 3. The van der Waals surface area contributed by atoms with Crippen LogP contribution in [0.15, 0.2) is 28.7 Å². The smallest absolute Gasteiger partial charge is 0.225 e. The average molecular weight is 401 g/mol. The number of hydrogen-bond donors (Lipinski definition) is 1. The second-order valence-electron chi connectivity index (χ2n) is 7.25. The monoisotopic (exact) mass is 400 g/mol. The molecule has 1 aliphatic carbocycles. The normalized spacial score (nSPS) is 18.1. The van der Waals surface area contributed by atoms with E-state index in [1.165, 1.54) is 43.2 Å². The predicted octanol–water partition coefficient (Wildman–Crippen LogP) is 4.85. The second kappa shape index (κ2) is 7.32. The van der Waals surface area contributed by atoms with Crippen LogP contribution in [0.1, 0.15) is 48.9 Å². The highest BCUT2D eigenvalue weighted by Crippen LogP contribution is 2.27. The maximum atomic E-state index is 4.84. The standard InChI is InChI=1S/C20H25BrN4/c1-14-11-19(24-20(22-14)23-18-5-3-2-4-6-18)25-10-9-15-12-17(21)8-7-16(15)13-25/h7-8,11-12,18H,2-6,9-10,13H2,1H3,(H,22,23,24). The molecule has 0 spiro atoms. The van der Waals surface area contributed by atoms with Gasteiger partial charge >= 0.3 is 0 Å². The fourth-order valence-corrected chi connectivity index (χ4v) is 4.33. The molecule has 1 N–H and O–H groups in total. The molecule has 0 atom stereocenters. The summed E-state index contributed by atoms with van der Waals surface area (Å²) < 4.78 is 1.16. The number of fused-ring (bicyclic) bond motifs is 1. The second-order valence-corrected chi connectivity index (χ2v) is 8.17. The molecule has 4 rings (SSSR count). The number of halogens is 1. The fraction of sp³-hybridized carbons (Fsp3) is 0.500. The Morgan fingerprint density at radius 3 is 2.76 bits per heavy atom. The lowest BCUT2D eigenvalue weighted by molar-refractivity contribution is 0.460. The van der Waals surface area contributed by atoms with Crippen molar-refractivity contribution in [2.45, 2.75) is 58.0 Å². The quantitative estimate of drug-likeness (QED) is 0.798. The molecule has 1 fully saturated rings. The number of hydrogen-bond acceptors (Lipinski definition) is 4. The molecule has 0 unspecified atom stereocenters. The average Bonchev–Trinajstić information content (AvgIpc) is 2.61. The largest absolute Gasteiger partial charge is 0.352 e. The zero-order chi connectivity index (χ0) is 17.2. The minimum Gasteiger partial charge on any atom is -0.352 e. The third-order valence-corrected chi connectivity index (χ3v) is 5.78. The van der Waals surface area contributed by atoms with Crippen LogP contribution in [0.2, 0.25) is 0 Å². The molecule has 1 aliphatic heterocycles. The van der Waals surface area contributed by atoms with Crippen LogP contribution in [0.4, 0.5) is 11.8 Å². The van der Waals surface area contributed by atoms with Crippen LogP contribution < -0.4 is 10.2 Å². The Morgan fingerprint density at radius 1 is 1.08 bits per heavy atom. The van der Waals surface area contributed by atoms with Gasteiger partial charge in [0.15, 0.2) is 0 Å². The summed E-state index contributed by atoms with van der Waals surface area (Å²) in [5.74, 6) is 1.84. The van der Waals surface area contributed by atoms with Gasteiger partial charge in [0, 0.05) is 35.4 Å². The number of benzene rings is 1. The summed E-state index contributed by atoms with van der Waals surface area (Å²) in [7, 11) is 0. The van der Waals surface area contributed by atoms with Gasteiger partial charge < -0.3 is 10.2 Å². The number of anilines is 2. The van der Waals surface area contributed by atoms with E-state index in [1.807, 2.05) is 0 Å². The highest BCUT2D eigenvalue weighted by atomic mass is 79.9. The Kier molecular flexibility index (Phi) is 4.93. The van der Waals surface area contributed by atoms with Gasteiger partial charge in [0.25, 0.3) is 0 Å². The van der Waals surface area contributed by atoms with Gasteiger partial charge in [0.1, 0.15) is 5.82 Å². The molecule has 132 valence electrons. The molecule has 25 heavy (non-hydrogen) atoms. The Labute approximate surface area is 158 Å². The molecule has 1 aromatic heterocycles. The molecular formula is C20H25BrN4. The molecule has 0 radical (unpaired) electrons. The molecule has 0 saturated heterocycles. The van der Waals surface area contributed by atoms with Crippen molar-refractivity contribution < 1.29 is 0 Å². The van der Waals surface area contributed by atoms with Gasteiger partial charge in [-0.25, -0.2) is 4.98 Å². The zero-order valence-corrected chi connectivity index (χ0v) is 16.3. The summed E-state index contributed by atoms with van der Waals surface area (Å²) in [5, 5.41) is 3.57. The van der Waals surface area contributed by atoms with E-state index in [0.717, 1.165) is 41.4 Å². The summed E-state index contributed by atoms with van der Waals surface area (Å²) in [6.07, 6.45) is 7.52. The molecule has 1 aromatic carbocycles. The van der Waals surface area contributed by atoms with Crippen molar-refractivity contribution in [2.75, 3.05) is 16.8 Å². The molecule has 2 heterocycles. The SMILES string of the molecule is Cc1cc(N2CCc3cc(Br)ccc3C2)nc(NC2CCCCC2)n1. The Balaban J connectivity index is 1.53. The van der Waals surface area contributed by atoms with Gasteiger partial charge in [-0.1, -0.05) is 41.3 Å². The van der Waals surface area contributed by atoms with E-state index in [1.54, 1.807) is 0 Å². The first-order valence-corrected chi connectivity index (χ1v) is 10.1. The van der Waals surface area contributed by atoms with Crippen molar-refractivity contribution in [1.29, 1.82) is 0 Å². The van der Waals surface area contributed by atoms with Crippen LogP contribution in [-0.2, 0) is 13.0 Å².